The van der Waals surface area contributed by atoms with E-state index in [0.717, 1.165) is 59.5 Å². The van der Waals surface area contributed by atoms with Gasteiger partial charge >= 0.3 is 0 Å². The van der Waals surface area contributed by atoms with Gasteiger partial charge in [-0.05, 0) is 48.3 Å². The van der Waals surface area contributed by atoms with Gasteiger partial charge in [-0.1, -0.05) is 18.2 Å². The summed E-state index contributed by atoms with van der Waals surface area (Å²) in [7, 11) is 4.05. The molecule has 4 aromatic rings. The maximum absolute atomic E-state index is 13.1. The highest BCUT2D eigenvalue weighted by molar-refractivity contribution is 6.05. The van der Waals surface area contributed by atoms with Crippen molar-refractivity contribution in [3.63, 3.8) is 0 Å². The van der Waals surface area contributed by atoms with Gasteiger partial charge in [0.1, 0.15) is 5.82 Å². The smallest absolute Gasteiger partial charge is 0.256 e. The highest BCUT2D eigenvalue weighted by Crippen LogP contribution is 2.28. The summed E-state index contributed by atoms with van der Waals surface area (Å²) < 4.78 is 1.85. The molecule has 37 heavy (non-hydrogen) atoms. The van der Waals surface area contributed by atoms with Crippen molar-refractivity contribution in [2.75, 3.05) is 56.6 Å². The summed E-state index contributed by atoms with van der Waals surface area (Å²) in [6, 6.07) is 15.9. The maximum atomic E-state index is 13.1. The minimum atomic E-state index is -0.177. The molecule has 0 bridgehead atoms. The van der Waals surface area contributed by atoms with Crippen molar-refractivity contribution in [1.82, 2.24) is 25.0 Å². The second-order valence-corrected chi connectivity index (χ2v) is 9.46. The Morgan fingerprint density at radius 3 is 2.65 bits per heavy atom. The molecule has 3 N–H and O–H groups in total. The molecule has 5 rings (SSSR count). The van der Waals surface area contributed by atoms with Crippen LogP contribution in [0.3, 0.4) is 0 Å². The molecule has 3 heterocycles. The maximum Gasteiger partial charge on any atom is 0.256 e. The van der Waals surface area contributed by atoms with E-state index >= 15 is 0 Å². The lowest BCUT2D eigenvalue weighted by molar-refractivity contribution is 0.102. The summed E-state index contributed by atoms with van der Waals surface area (Å²) in [5.41, 5.74) is 4.78. The van der Waals surface area contributed by atoms with Crippen LogP contribution in [0.5, 0.6) is 0 Å². The Labute approximate surface area is 216 Å². The van der Waals surface area contributed by atoms with Crippen LogP contribution in [-0.2, 0) is 13.6 Å². The monoisotopic (exact) mass is 499 g/mol. The zero-order valence-corrected chi connectivity index (χ0v) is 21.3. The number of amides is 1. The number of hydrogen-bond acceptors (Lipinski definition) is 7. The van der Waals surface area contributed by atoms with Gasteiger partial charge in [-0.15, -0.1) is 0 Å². The lowest BCUT2D eigenvalue weighted by Crippen LogP contribution is -2.44. The molecule has 9 heteroatoms. The van der Waals surface area contributed by atoms with Crippen LogP contribution in [0.25, 0.3) is 21.9 Å². The molecule has 1 saturated heterocycles. The highest BCUT2D eigenvalue weighted by atomic mass is 16.3. The first kappa shape index (κ1) is 24.9. The van der Waals surface area contributed by atoms with Gasteiger partial charge < -0.3 is 25.5 Å². The predicted octanol–water partition coefficient (Wildman–Crippen LogP) is 2.72. The zero-order chi connectivity index (χ0) is 25.8. The number of benzene rings is 2. The average Bonchev–Trinajstić information content (AvgIpc) is 3.29. The standard InChI is InChI=1S/C28H33N7O2/c1-33-9-11-35(12-10-33)24-5-3-4-21(15-24)28(37)32-27-16-23-14-20(6-7-22(23)17-30-27)25-18-31-34(2)26(25)19-29-8-13-36/h3-7,14-18,29,36H,8-13,19H2,1-2H3,(H,30,32,37). The number of anilines is 2. The molecule has 1 aliphatic heterocycles. The molecule has 1 amide bonds. The van der Waals surface area contributed by atoms with E-state index in [1.54, 1.807) is 6.20 Å². The Morgan fingerprint density at radius 1 is 1.00 bits per heavy atom. The molecule has 0 saturated carbocycles. The number of nitrogens with one attached hydrogen (secondary N) is 2. The van der Waals surface area contributed by atoms with Crippen molar-refractivity contribution in [1.29, 1.82) is 0 Å². The Balaban J connectivity index is 1.35. The SMILES string of the molecule is CN1CCN(c2cccc(C(=O)Nc3cc4cc(-c5cnn(C)c5CNCCO)ccc4cn3)c2)CC1. The molecule has 2 aromatic carbocycles. The van der Waals surface area contributed by atoms with Crippen molar-refractivity contribution in [2.45, 2.75) is 6.54 Å². The molecular weight excluding hydrogens is 466 g/mol. The number of pyridine rings is 1. The van der Waals surface area contributed by atoms with E-state index in [0.29, 0.717) is 24.5 Å². The van der Waals surface area contributed by atoms with Gasteiger partial charge in [0.15, 0.2) is 0 Å². The number of fused-ring (bicyclic) bond motifs is 1. The summed E-state index contributed by atoms with van der Waals surface area (Å²) in [4.78, 5) is 22.2. The van der Waals surface area contributed by atoms with Crippen LogP contribution in [-0.4, -0.2) is 77.1 Å². The number of carbonyl (C=O) groups is 1. The second-order valence-electron chi connectivity index (χ2n) is 9.46. The van der Waals surface area contributed by atoms with Crippen LogP contribution in [0.4, 0.5) is 11.5 Å². The molecule has 0 atom stereocenters. The van der Waals surface area contributed by atoms with E-state index in [2.05, 4.69) is 55.8 Å². The number of aliphatic hydroxyl groups excluding tert-OH is 1. The minimum absolute atomic E-state index is 0.0881. The minimum Gasteiger partial charge on any atom is -0.395 e. The van der Waals surface area contributed by atoms with Gasteiger partial charge in [0.2, 0.25) is 0 Å². The number of aromatic nitrogens is 3. The van der Waals surface area contributed by atoms with Gasteiger partial charge in [-0.2, -0.15) is 5.10 Å². The third kappa shape index (κ3) is 5.64. The fourth-order valence-electron chi connectivity index (χ4n) is 4.67. The van der Waals surface area contributed by atoms with Crippen LogP contribution >= 0.6 is 0 Å². The van der Waals surface area contributed by atoms with Crippen molar-refractivity contribution < 1.29 is 9.90 Å². The number of likely N-dealkylation sites (N-methyl/N-ethyl adjacent to an activating group) is 1. The summed E-state index contributed by atoms with van der Waals surface area (Å²) in [6.45, 7) is 5.15. The number of hydrogen-bond donors (Lipinski definition) is 3. The molecule has 0 radical (unpaired) electrons. The Bertz CT molecular complexity index is 1390. The summed E-state index contributed by atoms with van der Waals surface area (Å²) in [5, 5.41) is 21.7. The zero-order valence-electron chi connectivity index (χ0n) is 21.3. The van der Waals surface area contributed by atoms with Crippen molar-refractivity contribution in [3.8, 4) is 11.1 Å². The van der Waals surface area contributed by atoms with E-state index in [4.69, 9.17) is 5.11 Å². The summed E-state index contributed by atoms with van der Waals surface area (Å²) >= 11 is 0. The van der Waals surface area contributed by atoms with Crippen LogP contribution < -0.4 is 15.5 Å². The third-order valence-corrected chi connectivity index (χ3v) is 6.89. The third-order valence-electron chi connectivity index (χ3n) is 6.89. The fraction of sp³-hybridized carbons (Fsp3) is 0.321. The summed E-state index contributed by atoms with van der Waals surface area (Å²) in [5.74, 6) is 0.333. The molecular formula is C28H33N7O2. The molecule has 192 valence electrons. The lowest BCUT2D eigenvalue weighted by Gasteiger charge is -2.34. The Kier molecular flexibility index (Phi) is 7.45. The van der Waals surface area contributed by atoms with Gasteiger partial charge in [0.25, 0.3) is 5.91 Å². The number of piperazine rings is 1. The van der Waals surface area contributed by atoms with E-state index in [1.165, 1.54) is 0 Å². The van der Waals surface area contributed by atoms with E-state index in [-0.39, 0.29) is 12.5 Å². The first-order valence-corrected chi connectivity index (χ1v) is 12.6. The van der Waals surface area contributed by atoms with Crippen molar-refractivity contribution in [2.24, 2.45) is 7.05 Å². The molecule has 0 aliphatic carbocycles. The summed E-state index contributed by atoms with van der Waals surface area (Å²) in [6.07, 6.45) is 3.64. The van der Waals surface area contributed by atoms with Crippen LogP contribution in [0.1, 0.15) is 16.1 Å². The molecule has 1 aliphatic rings. The van der Waals surface area contributed by atoms with Crippen molar-refractivity contribution >= 4 is 28.2 Å². The number of rotatable bonds is 8. The molecule has 2 aromatic heterocycles. The van der Waals surface area contributed by atoms with E-state index in [1.807, 2.05) is 48.3 Å². The molecule has 0 unspecified atom stereocenters. The van der Waals surface area contributed by atoms with Gasteiger partial charge in [-0.25, -0.2) is 4.98 Å². The normalized spacial score (nSPS) is 14.3. The number of carbonyl (C=O) groups excluding carboxylic acids is 1. The Hall–Kier alpha value is -3.79. The van der Waals surface area contributed by atoms with Gasteiger partial charge in [-0.3, -0.25) is 9.48 Å². The fourth-order valence-corrected chi connectivity index (χ4v) is 4.67. The van der Waals surface area contributed by atoms with Crippen LogP contribution in [0, 0.1) is 0 Å². The van der Waals surface area contributed by atoms with Crippen LogP contribution in [0.15, 0.2) is 60.9 Å². The van der Waals surface area contributed by atoms with Gasteiger partial charge in [0.05, 0.1) is 18.5 Å². The lowest BCUT2D eigenvalue weighted by atomic mass is 10.0. The van der Waals surface area contributed by atoms with Crippen molar-refractivity contribution in [3.05, 3.63) is 72.2 Å². The first-order chi connectivity index (χ1) is 18.0. The largest absolute Gasteiger partial charge is 0.395 e. The quantitative estimate of drug-likeness (QED) is 0.321. The Morgan fingerprint density at radius 2 is 1.84 bits per heavy atom. The molecule has 1 fully saturated rings. The van der Waals surface area contributed by atoms with E-state index in [9.17, 15) is 4.79 Å². The number of aliphatic hydroxyl groups is 1. The molecule has 0 spiro atoms. The van der Waals surface area contributed by atoms with Crippen LogP contribution in [0.2, 0.25) is 0 Å². The van der Waals surface area contributed by atoms with Gasteiger partial charge in [0, 0.05) is 74.7 Å². The predicted molar refractivity (Wildman–Crippen MR) is 147 cm³/mol. The van der Waals surface area contributed by atoms with E-state index < -0.39 is 0 Å². The topological polar surface area (TPSA) is 98.5 Å². The number of nitrogens with zero attached hydrogens (tertiary/aromatic N) is 5. The first-order valence-electron chi connectivity index (χ1n) is 12.6. The molecule has 9 nitrogen and oxygen atoms in total. The average molecular weight is 500 g/mol. The number of aryl methyl sites for hydroxylation is 1. The highest BCUT2D eigenvalue weighted by Gasteiger charge is 2.16. The second kappa shape index (κ2) is 11.1.